The highest BCUT2D eigenvalue weighted by atomic mass is 32.2. The Bertz CT molecular complexity index is 1320. The van der Waals surface area contributed by atoms with Crippen LogP contribution in [-0.4, -0.2) is 10.1 Å². The van der Waals surface area contributed by atoms with Crippen molar-refractivity contribution in [2.75, 3.05) is 0 Å². The minimum atomic E-state index is -0.567. The van der Waals surface area contributed by atoms with Gasteiger partial charge in [-0.1, -0.05) is 49.9 Å². The molecule has 0 unspecified atom stereocenters. The van der Waals surface area contributed by atoms with Gasteiger partial charge in [0.2, 0.25) is 0 Å². The quantitative estimate of drug-likeness (QED) is 0.337. The van der Waals surface area contributed by atoms with Gasteiger partial charge in [-0.2, -0.15) is 0 Å². The first-order valence-electron chi connectivity index (χ1n) is 10.7. The maximum atomic E-state index is 12.8. The van der Waals surface area contributed by atoms with Crippen LogP contribution < -0.4 is 10.4 Å². The molecular weight excluding hydrogens is 434 g/mol. The van der Waals surface area contributed by atoms with E-state index in [0.717, 1.165) is 27.3 Å². The van der Waals surface area contributed by atoms with Gasteiger partial charge in [0.15, 0.2) is 0 Å². The monoisotopic (exact) mass is 459 g/mol. The molecule has 2 aromatic heterocycles. The van der Waals surface area contributed by atoms with Gasteiger partial charge >= 0.3 is 5.63 Å². The summed E-state index contributed by atoms with van der Waals surface area (Å²) in [5.41, 5.74) is 3.10. The van der Waals surface area contributed by atoms with Gasteiger partial charge in [0.1, 0.15) is 28.8 Å². The van der Waals surface area contributed by atoms with E-state index in [9.17, 15) is 9.90 Å². The highest BCUT2D eigenvalue weighted by molar-refractivity contribution is 7.99. The molecular formula is C27H25NO4S. The molecule has 168 valence electrons. The number of pyridine rings is 1. The van der Waals surface area contributed by atoms with Gasteiger partial charge in [0.05, 0.1) is 0 Å². The number of aromatic nitrogens is 1. The number of rotatable bonds is 7. The van der Waals surface area contributed by atoms with Crippen molar-refractivity contribution in [3.8, 4) is 22.8 Å². The number of aryl methyl sites for hydroxylation is 1. The van der Waals surface area contributed by atoms with E-state index in [0.29, 0.717) is 23.8 Å². The van der Waals surface area contributed by atoms with Gasteiger partial charge in [-0.3, -0.25) is 4.98 Å². The second kappa shape index (κ2) is 9.96. The van der Waals surface area contributed by atoms with Crippen LogP contribution in [0.5, 0.6) is 11.5 Å². The molecule has 0 aliphatic carbocycles. The second-order valence-corrected chi connectivity index (χ2v) is 9.09. The van der Waals surface area contributed by atoms with Crippen molar-refractivity contribution in [2.24, 2.45) is 0 Å². The molecule has 0 radical (unpaired) electrons. The summed E-state index contributed by atoms with van der Waals surface area (Å²) in [6.07, 6.45) is 3.49. The smallest absolute Gasteiger partial charge is 0.354 e. The van der Waals surface area contributed by atoms with Crippen molar-refractivity contribution in [3.63, 3.8) is 0 Å². The Morgan fingerprint density at radius 1 is 1.09 bits per heavy atom. The molecule has 33 heavy (non-hydrogen) atoms. The summed E-state index contributed by atoms with van der Waals surface area (Å²) in [5.74, 6) is 1.23. The summed E-state index contributed by atoms with van der Waals surface area (Å²) < 4.78 is 11.5. The molecule has 0 aliphatic rings. The van der Waals surface area contributed by atoms with Crippen LogP contribution in [0.3, 0.4) is 0 Å². The average Bonchev–Trinajstić information content (AvgIpc) is 2.81. The SMILES string of the molecule is Cc1cc(-c2cc(O)c(Sc3ccccc3C(C)C)c(=O)o2)ccc1OCc1cccnc1. The van der Waals surface area contributed by atoms with Crippen LogP contribution in [0, 0.1) is 6.92 Å². The molecule has 0 saturated heterocycles. The molecule has 0 saturated carbocycles. The minimum absolute atomic E-state index is 0.0978. The molecule has 5 nitrogen and oxygen atoms in total. The number of hydrogen-bond donors (Lipinski definition) is 1. The minimum Gasteiger partial charge on any atom is -0.506 e. The Morgan fingerprint density at radius 3 is 2.61 bits per heavy atom. The van der Waals surface area contributed by atoms with Crippen LogP contribution >= 0.6 is 11.8 Å². The van der Waals surface area contributed by atoms with E-state index >= 15 is 0 Å². The average molecular weight is 460 g/mol. The molecule has 1 N–H and O–H groups in total. The number of hydrogen-bond acceptors (Lipinski definition) is 6. The van der Waals surface area contributed by atoms with E-state index in [1.165, 1.54) is 17.8 Å². The number of aromatic hydroxyl groups is 1. The maximum absolute atomic E-state index is 12.8. The second-order valence-electron chi connectivity index (χ2n) is 8.04. The zero-order chi connectivity index (χ0) is 23.4. The summed E-state index contributed by atoms with van der Waals surface area (Å²) in [5, 5.41) is 10.6. The highest BCUT2D eigenvalue weighted by Gasteiger charge is 2.17. The van der Waals surface area contributed by atoms with E-state index in [1.54, 1.807) is 12.4 Å². The van der Waals surface area contributed by atoms with Crippen LogP contribution in [0.1, 0.15) is 36.5 Å². The molecule has 4 aromatic rings. The van der Waals surface area contributed by atoms with E-state index in [1.807, 2.05) is 61.5 Å². The Labute approximate surface area is 197 Å². The molecule has 4 rings (SSSR count). The summed E-state index contributed by atoms with van der Waals surface area (Å²) >= 11 is 1.23. The van der Waals surface area contributed by atoms with Crippen molar-refractivity contribution in [2.45, 2.75) is 43.1 Å². The maximum Gasteiger partial charge on any atom is 0.354 e. The van der Waals surface area contributed by atoms with Crippen LogP contribution in [0.25, 0.3) is 11.3 Å². The molecule has 2 aromatic carbocycles. The van der Waals surface area contributed by atoms with Crippen molar-refractivity contribution in [3.05, 3.63) is 100 Å². The normalized spacial score (nSPS) is 11.0. The summed E-state index contributed by atoms with van der Waals surface area (Å²) in [7, 11) is 0. The Kier molecular flexibility index (Phi) is 6.84. The summed E-state index contributed by atoms with van der Waals surface area (Å²) in [6, 6.07) is 18.7. The fraction of sp³-hybridized carbons (Fsp3) is 0.185. The molecule has 6 heteroatoms. The lowest BCUT2D eigenvalue weighted by Crippen LogP contribution is -2.04. The fourth-order valence-electron chi connectivity index (χ4n) is 3.48. The van der Waals surface area contributed by atoms with Gasteiger partial charge in [0, 0.05) is 34.5 Å². The zero-order valence-corrected chi connectivity index (χ0v) is 19.6. The Morgan fingerprint density at radius 2 is 1.91 bits per heavy atom. The summed E-state index contributed by atoms with van der Waals surface area (Å²) in [4.78, 5) is 17.9. The third-order valence-electron chi connectivity index (χ3n) is 5.22. The van der Waals surface area contributed by atoms with Crippen molar-refractivity contribution >= 4 is 11.8 Å². The lowest BCUT2D eigenvalue weighted by Gasteiger charge is -2.13. The largest absolute Gasteiger partial charge is 0.506 e. The first-order valence-corrected chi connectivity index (χ1v) is 11.5. The molecule has 0 amide bonds. The van der Waals surface area contributed by atoms with Crippen LogP contribution in [0.2, 0.25) is 0 Å². The predicted molar refractivity (Wildman–Crippen MR) is 130 cm³/mol. The molecule has 0 fully saturated rings. The fourth-order valence-corrected chi connectivity index (χ4v) is 4.55. The van der Waals surface area contributed by atoms with Crippen LogP contribution in [0.4, 0.5) is 0 Å². The van der Waals surface area contributed by atoms with Crippen LogP contribution in [0.15, 0.2) is 92.1 Å². The summed E-state index contributed by atoms with van der Waals surface area (Å²) in [6.45, 7) is 6.52. The third-order valence-corrected chi connectivity index (χ3v) is 6.39. The number of benzene rings is 2. The molecule has 0 aliphatic heterocycles. The first-order chi connectivity index (χ1) is 15.9. The standard InChI is InChI=1S/C27H25NO4S/c1-17(2)21-8-4-5-9-25(21)33-26-22(29)14-24(32-27(26)30)20-10-11-23(18(3)13-20)31-16-19-7-6-12-28-15-19/h4-15,17,29H,16H2,1-3H3. The molecule has 2 heterocycles. The van der Waals surface area contributed by atoms with Crippen LogP contribution in [-0.2, 0) is 6.61 Å². The molecule has 0 atom stereocenters. The Hall–Kier alpha value is -3.51. The number of ether oxygens (including phenoxy) is 1. The first kappa shape index (κ1) is 22.7. The van der Waals surface area contributed by atoms with E-state index in [4.69, 9.17) is 9.15 Å². The van der Waals surface area contributed by atoms with Gasteiger partial charge in [-0.25, -0.2) is 4.79 Å². The zero-order valence-electron chi connectivity index (χ0n) is 18.7. The van der Waals surface area contributed by atoms with Gasteiger partial charge in [-0.05, 0) is 54.3 Å². The highest BCUT2D eigenvalue weighted by Crippen LogP contribution is 2.38. The van der Waals surface area contributed by atoms with Gasteiger partial charge in [-0.15, -0.1) is 0 Å². The van der Waals surface area contributed by atoms with Gasteiger partial charge in [0.25, 0.3) is 0 Å². The number of nitrogens with zero attached hydrogens (tertiary/aromatic N) is 1. The van der Waals surface area contributed by atoms with E-state index < -0.39 is 5.63 Å². The molecule has 0 bridgehead atoms. The predicted octanol–water partition coefficient (Wildman–Crippen LogP) is 6.57. The third kappa shape index (κ3) is 5.29. The lowest BCUT2D eigenvalue weighted by atomic mass is 10.0. The van der Waals surface area contributed by atoms with Crippen molar-refractivity contribution in [1.29, 1.82) is 0 Å². The van der Waals surface area contributed by atoms with E-state index in [2.05, 4.69) is 18.8 Å². The topological polar surface area (TPSA) is 72.6 Å². The van der Waals surface area contributed by atoms with Crippen molar-refractivity contribution in [1.82, 2.24) is 4.98 Å². The molecule has 0 spiro atoms. The van der Waals surface area contributed by atoms with Gasteiger partial charge < -0.3 is 14.3 Å². The Balaban J connectivity index is 1.57. The van der Waals surface area contributed by atoms with E-state index in [-0.39, 0.29) is 10.6 Å². The van der Waals surface area contributed by atoms with Crippen molar-refractivity contribution < 1.29 is 14.3 Å². The lowest BCUT2D eigenvalue weighted by molar-refractivity contribution is 0.303.